The highest BCUT2D eigenvalue weighted by Gasteiger charge is 2.23. The molecule has 0 saturated heterocycles. The lowest BCUT2D eigenvalue weighted by Gasteiger charge is -2.26. The summed E-state index contributed by atoms with van der Waals surface area (Å²) in [6, 6.07) is 15.5. The van der Waals surface area contributed by atoms with Crippen LogP contribution in [0, 0.1) is 0 Å². The van der Waals surface area contributed by atoms with Crippen LogP contribution in [0.25, 0.3) is 0 Å². The largest absolute Gasteiger partial charge is 0.490 e. The van der Waals surface area contributed by atoms with Gasteiger partial charge in [0.15, 0.2) is 0 Å². The highest BCUT2D eigenvalue weighted by molar-refractivity contribution is 5.64. The fraction of sp³-hybridized carbons (Fsp3) is 0.333. The van der Waals surface area contributed by atoms with E-state index in [1.165, 1.54) is 0 Å². The molecule has 2 rings (SSSR count). The Hall–Kier alpha value is -3.42. The average Bonchev–Trinajstić information content (AvgIpc) is 2.69. The van der Waals surface area contributed by atoms with Crippen molar-refractivity contribution in [2.75, 3.05) is 26.4 Å². The first-order valence-electron chi connectivity index (χ1n) is 9.10. The molecule has 156 valence electrons. The second-order valence-electron chi connectivity index (χ2n) is 6.71. The Morgan fingerprint density at radius 1 is 0.690 bits per heavy atom. The highest BCUT2D eigenvalue weighted by atomic mass is 16.6. The molecule has 0 fully saturated rings. The lowest BCUT2D eigenvalue weighted by atomic mass is 9.78. The van der Waals surface area contributed by atoms with Crippen LogP contribution < -0.4 is 20.9 Å². The van der Waals surface area contributed by atoms with Crippen LogP contribution in [0.4, 0.5) is 9.59 Å². The number of hydrogen-bond acceptors (Lipinski definition) is 6. The summed E-state index contributed by atoms with van der Waals surface area (Å²) in [5.74, 6) is 1.36. The van der Waals surface area contributed by atoms with Crippen LogP contribution in [0.1, 0.15) is 25.0 Å². The Morgan fingerprint density at radius 3 is 1.34 bits per heavy atom. The molecule has 2 aromatic carbocycles. The molecule has 29 heavy (non-hydrogen) atoms. The molecular formula is C21H26N2O6. The zero-order valence-corrected chi connectivity index (χ0v) is 16.6. The zero-order chi connectivity index (χ0) is 21.3. The summed E-state index contributed by atoms with van der Waals surface area (Å²) in [5, 5.41) is 0. The van der Waals surface area contributed by atoms with E-state index in [4.69, 9.17) is 20.9 Å². The minimum Gasteiger partial charge on any atom is -0.490 e. The Kier molecular flexibility index (Phi) is 7.70. The Balaban J connectivity index is 1.93. The van der Waals surface area contributed by atoms with Crippen LogP contribution in [0.15, 0.2) is 48.5 Å². The van der Waals surface area contributed by atoms with E-state index in [0.29, 0.717) is 11.5 Å². The maximum Gasteiger partial charge on any atom is 0.404 e. The summed E-state index contributed by atoms with van der Waals surface area (Å²) < 4.78 is 20.3. The van der Waals surface area contributed by atoms with Gasteiger partial charge in [-0.15, -0.1) is 0 Å². The van der Waals surface area contributed by atoms with Gasteiger partial charge < -0.3 is 30.4 Å². The van der Waals surface area contributed by atoms with E-state index in [-0.39, 0.29) is 31.8 Å². The van der Waals surface area contributed by atoms with Gasteiger partial charge in [0.1, 0.15) is 37.9 Å². The number of rotatable bonds is 10. The van der Waals surface area contributed by atoms with Crippen molar-refractivity contribution in [1.82, 2.24) is 0 Å². The predicted octanol–water partition coefficient (Wildman–Crippen LogP) is 2.96. The number of carbonyl (C=O) groups excluding carboxylic acids is 2. The molecular weight excluding hydrogens is 376 g/mol. The number of primary amides is 2. The molecule has 0 aliphatic carbocycles. The average molecular weight is 402 g/mol. The number of ether oxygens (including phenoxy) is 4. The number of benzene rings is 2. The second-order valence-corrected chi connectivity index (χ2v) is 6.71. The molecule has 2 aromatic rings. The predicted molar refractivity (Wildman–Crippen MR) is 107 cm³/mol. The van der Waals surface area contributed by atoms with Gasteiger partial charge in [0.25, 0.3) is 0 Å². The van der Waals surface area contributed by atoms with Crippen LogP contribution in [0.3, 0.4) is 0 Å². The minimum absolute atomic E-state index is 0.103. The Labute approximate surface area is 169 Å². The first-order chi connectivity index (χ1) is 13.8. The summed E-state index contributed by atoms with van der Waals surface area (Å²) >= 11 is 0. The summed E-state index contributed by atoms with van der Waals surface area (Å²) in [7, 11) is 0. The summed E-state index contributed by atoms with van der Waals surface area (Å²) in [5.41, 5.74) is 11.8. The fourth-order valence-corrected chi connectivity index (χ4v) is 2.71. The normalized spacial score (nSPS) is 10.8. The van der Waals surface area contributed by atoms with Crippen LogP contribution >= 0.6 is 0 Å². The van der Waals surface area contributed by atoms with E-state index in [1.807, 2.05) is 48.5 Å². The van der Waals surface area contributed by atoms with E-state index in [2.05, 4.69) is 23.3 Å². The summed E-state index contributed by atoms with van der Waals surface area (Å²) in [4.78, 5) is 21.1. The van der Waals surface area contributed by atoms with Crippen LogP contribution in [-0.2, 0) is 14.9 Å². The minimum atomic E-state index is -0.818. The van der Waals surface area contributed by atoms with Crippen molar-refractivity contribution >= 4 is 12.2 Å². The van der Waals surface area contributed by atoms with E-state index < -0.39 is 12.2 Å². The lowest BCUT2D eigenvalue weighted by molar-refractivity contribution is 0.133. The molecule has 0 aliphatic rings. The number of hydrogen-bond donors (Lipinski definition) is 2. The molecule has 8 nitrogen and oxygen atoms in total. The number of amides is 2. The Morgan fingerprint density at radius 2 is 1.03 bits per heavy atom. The molecule has 0 atom stereocenters. The third-order valence-corrected chi connectivity index (χ3v) is 4.34. The smallest absolute Gasteiger partial charge is 0.404 e. The number of nitrogens with two attached hydrogens (primary N) is 2. The van der Waals surface area contributed by atoms with Gasteiger partial charge in [-0.1, -0.05) is 38.1 Å². The fourth-order valence-electron chi connectivity index (χ4n) is 2.71. The van der Waals surface area contributed by atoms with Crippen molar-refractivity contribution in [2.45, 2.75) is 19.3 Å². The Bertz CT molecular complexity index is 735. The van der Waals surface area contributed by atoms with Gasteiger partial charge in [0.2, 0.25) is 0 Å². The molecule has 0 aliphatic heterocycles. The topological polar surface area (TPSA) is 123 Å². The van der Waals surface area contributed by atoms with Crippen molar-refractivity contribution in [3.63, 3.8) is 0 Å². The van der Waals surface area contributed by atoms with E-state index >= 15 is 0 Å². The molecule has 0 spiro atoms. The first kappa shape index (κ1) is 21.9. The second kappa shape index (κ2) is 10.2. The SMILES string of the molecule is CC(C)(c1ccc(OCCOC(N)=O)cc1)c1ccc(OCCOC(N)=O)cc1. The molecule has 2 amide bonds. The summed E-state index contributed by atoms with van der Waals surface area (Å²) in [6.07, 6.45) is -1.64. The van der Waals surface area contributed by atoms with Crippen LogP contribution in [0.5, 0.6) is 11.5 Å². The standard InChI is InChI=1S/C21H26N2O6/c1-21(2,15-3-7-17(8-4-15)26-11-13-28-19(22)24)16-5-9-18(10-6-16)27-12-14-29-20(23)25/h3-10H,11-14H2,1-2H3,(H2,22,24)(H2,23,25). The molecule has 0 aromatic heterocycles. The van der Waals surface area contributed by atoms with Crippen molar-refractivity contribution in [3.8, 4) is 11.5 Å². The van der Waals surface area contributed by atoms with Gasteiger partial charge in [0.05, 0.1) is 0 Å². The van der Waals surface area contributed by atoms with Crippen molar-refractivity contribution in [1.29, 1.82) is 0 Å². The molecule has 0 saturated carbocycles. The summed E-state index contributed by atoms with van der Waals surface area (Å²) in [6.45, 7) is 4.92. The highest BCUT2D eigenvalue weighted by Crippen LogP contribution is 2.33. The van der Waals surface area contributed by atoms with E-state index in [9.17, 15) is 9.59 Å². The maximum absolute atomic E-state index is 10.5. The monoisotopic (exact) mass is 402 g/mol. The van der Waals surface area contributed by atoms with Crippen LogP contribution in [0.2, 0.25) is 0 Å². The van der Waals surface area contributed by atoms with Gasteiger partial charge in [-0.2, -0.15) is 0 Å². The van der Waals surface area contributed by atoms with Crippen molar-refractivity contribution < 1.29 is 28.5 Å². The zero-order valence-electron chi connectivity index (χ0n) is 16.6. The van der Waals surface area contributed by atoms with E-state index in [0.717, 1.165) is 11.1 Å². The van der Waals surface area contributed by atoms with Gasteiger partial charge in [-0.05, 0) is 35.4 Å². The molecule has 0 heterocycles. The van der Waals surface area contributed by atoms with Gasteiger partial charge in [-0.3, -0.25) is 0 Å². The van der Waals surface area contributed by atoms with Gasteiger partial charge in [-0.25, -0.2) is 9.59 Å². The third-order valence-electron chi connectivity index (χ3n) is 4.34. The number of carbonyl (C=O) groups is 2. The molecule has 4 N–H and O–H groups in total. The molecule has 0 radical (unpaired) electrons. The third kappa shape index (κ3) is 6.91. The van der Waals surface area contributed by atoms with Crippen molar-refractivity contribution in [3.05, 3.63) is 59.7 Å². The quantitative estimate of drug-likeness (QED) is 0.589. The molecule has 0 unspecified atom stereocenters. The van der Waals surface area contributed by atoms with Crippen LogP contribution in [-0.4, -0.2) is 38.6 Å². The lowest BCUT2D eigenvalue weighted by Crippen LogP contribution is -2.19. The molecule has 0 bridgehead atoms. The van der Waals surface area contributed by atoms with Crippen molar-refractivity contribution in [2.24, 2.45) is 11.5 Å². The van der Waals surface area contributed by atoms with E-state index in [1.54, 1.807) is 0 Å². The molecule has 8 heteroatoms. The van der Waals surface area contributed by atoms with Gasteiger partial charge >= 0.3 is 12.2 Å². The first-order valence-corrected chi connectivity index (χ1v) is 9.10. The maximum atomic E-state index is 10.5. The van der Waals surface area contributed by atoms with Gasteiger partial charge in [0, 0.05) is 5.41 Å².